The van der Waals surface area contributed by atoms with Crippen molar-refractivity contribution in [2.75, 3.05) is 5.32 Å². The van der Waals surface area contributed by atoms with Crippen LogP contribution in [0.5, 0.6) is 0 Å². The van der Waals surface area contributed by atoms with Crippen LogP contribution in [0.25, 0.3) is 11.1 Å². The number of aromatic nitrogens is 2. The molecule has 6 nitrogen and oxygen atoms in total. The second-order valence-corrected chi connectivity index (χ2v) is 4.32. The number of benzene rings is 1. The van der Waals surface area contributed by atoms with E-state index in [1.54, 1.807) is 6.20 Å². The standard InChI is InChI=1S/C13H11N3O3/c17-11(18)6-10-13(19)15-12-9(7-14-16(10)12)8-4-2-1-3-5-8/h1-5,7,10H,6H2,(H,15,19)(H,17,18)/t10-/m1/s1. The minimum atomic E-state index is -1.02. The largest absolute Gasteiger partial charge is 0.481 e. The van der Waals surface area contributed by atoms with Crippen LogP contribution < -0.4 is 5.32 Å². The summed E-state index contributed by atoms with van der Waals surface area (Å²) < 4.78 is 1.44. The van der Waals surface area contributed by atoms with E-state index < -0.39 is 12.0 Å². The Labute approximate surface area is 108 Å². The van der Waals surface area contributed by atoms with Crippen LogP contribution in [0, 0.1) is 0 Å². The number of rotatable bonds is 3. The van der Waals surface area contributed by atoms with Crippen LogP contribution in [-0.4, -0.2) is 26.8 Å². The number of nitrogens with zero attached hydrogens (tertiary/aromatic N) is 2. The molecule has 2 heterocycles. The second-order valence-electron chi connectivity index (χ2n) is 4.32. The maximum atomic E-state index is 11.8. The highest BCUT2D eigenvalue weighted by Crippen LogP contribution is 2.35. The third-order valence-corrected chi connectivity index (χ3v) is 3.09. The van der Waals surface area contributed by atoms with E-state index in [-0.39, 0.29) is 12.3 Å². The van der Waals surface area contributed by atoms with Gasteiger partial charge in [0, 0.05) is 5.56 Å². The van der Waals surface area contributed by atoms with Crippen molar-refractivity contribution in [2.24, 2.45) is 0 Å². The Morgan fingerprint density at radius 1 is 1.37 bits per heavy atom. The van der Waals surface area contributed by atoms with Gasteiger partial charge in [-0.05, 0) is 5.56 Å². The highest BCUT2D eigenvalue weighted by molar-refractivity contribution is 6.02. The van der Waals surface area contributed by atoms with Crippen molar-refractivity contribution in [2.45, 2.75) is 12.5 Å². The monoisotopic (exact) mass is 257 g/mol. The van der Waals surface area contributed by atoms with Gasteiger partial charge in [-0.25, -0.2) is 4.68 Å². The molecule has 0 aliphatic carbocycles. The van der Waals surface area contributed by atoms with E-state index in [1.165, 1.54) is 4.68 Å². The summed E-state index contributed by atoms with van der Waals surface area (Å²) in [5.74, 6) is -0.796. The van der Waals surface area contributed by atoms with Crippen molar-refractivity contribution in [3.8, 4) is 11.1 Å². The molecule has 96 valence electrons. The quantitative estimate of drug-likeness (QED) is 0.873. The van der Waals surface area contributed by atoms with E-state index in [0.717, 1.165) is 11.1 Å². The number of aliphatic carboxylic acids is 1. The Hall–Kier alpha value is -2.63. The van der Waals surface area contributed by atoms with Crippen molar-refractivity contribution in [1.82, 2.24) is 9.78 Å². The number of amides is 1. The molecule has 3 rings (SSSR count). The molecule has 1 aliphatic heterocycles. The van der Waals surface area contributed by atoms with Gasteiger partial charge in [-0.2, -0.15) is 5.10 Å². The van der Waals surface area contributed by atoms with Gasteiger partial charge >= 0.3 is 5.97 Å². The van der Waals surface area contributed by atoms with Crippen molar-refractivity contribution < 1.29 is 14.7 Å². The van der Waals surface area contributed by atoms with Crippen LogP contribution in [0.15, 0.2) is 36.5 Å². The number of anilines is 1. The van der Waals surface area contributed by atoms with Gasteiger partial charge in [-0.1, -0.05) is 30.3 Å². The average Bonchev–Trinajstić information content (AvgIpc) is 2.91. The minimum absolute atomic E-state index is 0.269. The number of carboxylic acids is 1. The molecule has 0 saturated heterocycles. The third kappa shape index (κ3) is 1.87. The Balaban J connectivity index is 2.02. The summed E-state index contributed by atoms with van der Waals surface area (Å²) in [6, 6.07) is 8.74. The number of nitrogens with one attached hydrogen (secondary N) is 1. The van der Waals surface area contributed by atoms with Gasteiger partial charge in [0.2, 0.25) is 0 Å². The fourth-order valence-electron chi connectivity index (χ4n) is 2.21. The Morgan fingerprint density at radius 2 is 2.11 bits per heavy atom. The minimum Gasteiger partial charge on any atom is -0.481 e. The molecule has 0 bridgehead atoms. The van der Waals surface area contributed by atoms with Gasteiger partial charge in [0.1, 0.15) is 11.9 Å². The third-order valence-electron chi connectivity index (χ3n) is 3.09. The predicted octanol–water partition coefficient (Wildman–Crippen LogP) is 1.52. The van der Waals surface area contributed by atoms with Gasteiger partial charge < -0.3 is 10.4 Å². The van der Waals surface area contributed by atoms with Crippen molar-refractivity contribution in [1.29, 1.82) is 0 Å². The number of carboxylic acid groups (broad SMARTS) is 1. The Bertz CT molecular complexity index is 648. The summed E-state index contributed by atoms with van der Waals surface area (Å²) in [6.07, 6.45) is 1.37. The summed E-state index contributed by atoms with van der Waals surface area (Å²) in [5, 5.41) is 15.6. The lowest BCUT2D eigenvalue weighted by molar-refractivity contribution is -0.139. The van der Waals surface area contributed by atoms with E-state index in [4.69, 9.17) is 5.11 Å². The van der Waals surface area contributed by atoms with Crippen LogP contribution in [0.3, 0.4) is 0 Å². The molecule has 2 N–H and O–H groups in total. The first-order chi connectivity index (χ1) is 9.16. The van der Waals surface area contributed by atoms with Gasteiger partial charge in [0.25, 0.3) is 5.91 Å². The van der Waals surface area contributed by atoms with Gasteiger partial charge in [0.15, 0.2) is 0 Å². The number of hydrogen-bond acceptors (Lipinski definition) is 3. The fourth-order valence-corrected chi connectivity index (χ4v) is 2.21. The molecule has 0 radical (unpaired) electrons. The number of hydrogen-bond donors (Lipinski definition) is 2. The fraction of sp³-hybridized carbons (Fsp3) is 0.154. The SMILES string of the molecule is O=C(O)C[C@@H]1C(=O)Nc2c(-c3ccccc3)cnn21. The van der Waals surface area contributed by atoms with Crippen LogP contribution in [-0.2, 0) is 9.59 Å². The molecule has 0 spiro atoms. The molecule has 1 aromatic carbocycles. The molecular weight excluding hydrogens is 246 g/mol. The first kappa shape index (κ1) is 11.5. The number of fused-ring (bicyclic) bond motifs is 1. The Kier molecular flexibility index (Phi) is 2.56. The zero-order valence-electron chi connectivity index (χ0n) is 9.91. The van der Waals surface area contributed by atoms with E-state index in [1.807, 2.05) is 30.3 Å². The normalized spacial score (nSPS) is 17.1. The first-order valence-corrected chi connectivity index (χ1v) is 5.82. The first-order valence-electron chi connectivity index (χ1n) is 5.82. The molecular formula is C13H11N3O3. The van der Waals surface area contributed by atoms with E-state index in [9.17, 15) is 9.59 Å². The molecule has 1 amide bonds. The molecule has 1 aliphatic rings. The van der Waals surface area contributed by atoms with Crippen LogP contribution in [0.4, 0.5) is 5.82 Å². The van der Waals surface area contributed by atoms with Crippen molar-refractivity contribution >= 4 is 17.7 Å². The molecule has 0 fully saturated rings. The summed E-state index contributed by atoms with van der Waals surface area (Å²) in [6.45, 7) is 0. The molecule has 1 aromatic heterocycles. The molecule has 6 heteroatoms. The lowest BCUT2D eigenvalue weighted by atomic mass is 10.1. The Morgan fingerprint density at radius 3 is 2.79 bits per heavy atom. The highest BCUT2D eigenvalue weighted by Gasteiger charge is 2.34. The highest BCUT2D eigenvalue weighted by atomic mass is 16.4. The van der Waals surface area contributed by atoms with Gasteiger partial charge in [0.05, 0.1) is 12.6 Å². The summed E-state index contributed by atoms with van der Waals surface area (Å²) in [4.78, 5) is 22.5. The number of carbonyl (C=O) groups excluding carboxylic acids is 1. The summed E-state index contributed by atoms with van der Waals surface area (Å²) in [7, 11) is 0. The topological polar surface area (TPSA) is 84.2 Å². The average molecular weight is 257 g/mol. The lowest BCUT2D eigenvalue weighted by Gasteiger charge is -2.04. The maximum absolute atomic E-state index is 11.8. The van der Waals surface area contributed by atoms with E-state index in [2.05, 4.69) is 10.4 Å². The van der Waals surface area contributed by atoms with Crippen molar-refractivity contribution in [3.05, 3.63) is 36.5 Å². The van der Waals surface area contributed by atoms with E-state index in [0.29, 0.717) is 5.82 Å². The van der Waals surface area contributed by atoms with Crippen LogP contribution in [0.2, 0.25) is 0 Å². The molecule has 0 unspecified atom stereocenters. The maximum Gasteiger partial charge on any atom is 0.306 e. The number of carbonyl (C=O) groups is 2. The predicted molar refractivity (Wildman–Crippen MR) is 67.6 cm³/mol. The van der Waals surface area contributed by atoms with E-state index >= 15 is 0 Å². The molecule has 2 aromatic rings. The summed E-state index contributed by atoms with van der Waals surface area (Å²) >= 11 is 0. The lowest BCUT2D eigenvalue weighted by Crippen LogP contribution is -2.19. The molecule has 1 atom stereocenters. The van der Waals surface area contributed by atoms with Crippen LogP contribution >= 0.6 is 0 Å². The smallest absolute Gasteiger partial charge is 0.306 e. The zero-order valence-corrected chi connectivity index (χ0v) is 9.91. The molecule has 0 saturated carbocycles. The van der Waals surface area contributed by atoms with Crippen molar-refractivity contribution in [3.63, 3.8) is 0 Å². The zero-order chi connectivity index (χ0) is 13.4. The molecule has 19 heavy (non-hydrogen) atoms. The van der Waals surface area contributed by atoms with Gasteiger partial charge in [-0.3, -0.25) is 9.59 Å². The summed E-state index contributed by atoms with van der Waals surface area (Å²) in [5.41, 5.74) is 1.72. The van der Waals surface area contributed by atoms with Gasteiger partial charge in [-0.15, -0.1) is 0 Å². The van der Waals surface area contributed by atoms with Crippen LogP contribution in [0.1, 0.15) is 12.5 Å². The second kappa shape index (κ2) is 4.24.